The highest BCUT2D eigenvalue weighted by Crippen LogP contribution is 2.22. The van der Waals surface area contributed by atoms with Crippen LogP contribution >= 0.6 is 0 Å². The number of nitrogens with one attached hydrogen (secondary N) is 1. The fourth-order valence-electron chi connectivity index (χ4n) is 3.76. The van der Waals surface area contributed by atoms with Gasteiger partial charge in [-0.25, -0.2) is 13.2 Å². The molecule has 2 atom stereocenters. The van der Waals surface area contributed by atoms with Gasteiger partial charge in [-0.1, -0.05) is 13.0 Å². The molecule has 2 amide bonds. The molecule has 0 bridgehead atoms. The van der Waals surface area contributed by atoms with Gasteiger partial charge < -0.3 is 19.4 Å². The second-order valence-electron chi connectivity index (χ2n) is 8.15. The molecular weight excluding hydrogens is 448 g/mol. The Morgan fingerprint density at radius 3 is 2.64 bits per heavy atom. The van der Waals surface area contributed by atoms with Crippen molar-refractivity contribution in [2.75, 3.05) is 23.4 Å². The summed E-state index contributed by atoms with van der Waals surface area (Å²) in [6, 6.07) is 7.18. The maximum Gasteiger partial charge on any atom is 0.338 e. The minimum absolute atomic E-state index is 0.0491. The number of esters is 1. The number of aryl methyl sites for hydroxylation is 1. The van der Waals surface area contributed by atoms with Gasteiger partial charge >= 0.3 is 5.97 Å². The molecule has 0 radical (unpaired) electrons. The average Bonchev–Trinajstić information content (AvgIpc) is 3.43. The third-order valence-electron chi connectivity index (χ3n) is 5.75. The van der Waals surface area contributed by atoms with Crippen LogP contribution in [0.25, 0.3) is 0 Å². The normalized spacial score (nSPS) is 17.8. The van der Waals surface area contributed by atoms with Crippen molar-refractivity contribution in [2.45, 2.75) is 45.7 Å². The zero-order valence-corrected chi connectivity index (χ0v) is 19.7. The number of rotatable bonds is 8. The number of nitrogens with zero attached hydrogens (tertiary/aromatic N) is 1. The Labute approximate surface area is 193 Å². The maximum absolute atomic E-state index is 12.9. The quantitative estimate of drug-likeness (QED) is 0.581. The lowest BCUT2D eigenvalue weighted by atomic mass is 10.1. The molecule has 0 spiro atoms. The Bertz CT molecular complexity index is 1130. The molecule has 1 fully saturated rings. The van der Waals surface area contributed by atoms with E-state index in [9.17, 15) is 22.8 Å². The molecule has 0 aliphatic carbocycles. The number of amides is 2. The number of carbonyl (C=O) groups is 3. The van der Waals surface area contributed by atoms with Crippen LogP contribution in [0.2, 0.25) is 0 Å². The molecule has 0 unspecified atom stereocenters. The minimum atomic E-state index is -3.17. The van der Waals surface area contributed by atoms with Gasteiger partial charge in [0.05, 0.1) is 23.3 Å². The van der Waals surface area contributed by atoms with Crippen molar-refractivity contribution < 1.29 is 32.0 Å². The Morgan fingerprint density at radius 2 is 2.03 bits per heavy atom. The van der Waals surface area contributed by atoms with Crippen LogP contribution < -0.4 is 5.32 Å². The summed E-state index contributed by atoms with van der Waals surface area (Å²) in [7, 11) is -3.17. The third-order valence-corrected chi connectivity index (χ3v) is 7.50. The SMILES string of the molecule is CC[C@H](C)N(C(=O)COC(=O)c1ccc(C)c(NC(=O)c2ccco2)c1)[C@H]1CCS(=O)(=O)C1. The molecule has 1 aromatic heterocycles. The zero-order valence-electron chi connectivity index (χ0n) is 18.9. The minimum Gasteiger partial charge on any atom is -0.459 e. The molecule has 1 saturated heterocycles. The molecule has 178 valence electrons. The summed E-state index contributed by atoms with van der Waals surface area (Å²) < 4.78 is 34.1. The summed E-state index contributed by atoms with van der Waals surface area (Å²) >= 11 is 0. The van der Waals surface area contributed by atoms with E-state index in [1.165, 1.54) is 23.3 Å². The van der Waals surface area contributed by atoms with E-state index in [1.54, 1.807) is 25.1 Å². The van der Waals surface area contributed by atoms with Crippen molar-refractivity contribution in [1.82, 2.24) is 4.90 Å². The van der Waals surface area contributed by atoms with Gasteiger partial charge in [0.1, 0.15) is 0 Å². The molecule has 1 aliphatic heterocycles. The molecule has 33 heavy (non-hydrogen) atoms. The van der Waals surface area contributed by atoms with Crippen molar-refractivity contribution in [1.29, 1.82) is 0 Å². The maximum atomic E-state index is 12.9. The van der Waals surface area contributed by atoms with E-state index in [0.29, 0.717) is 18.5 Å². The number of benzene rings is 1. The first-order chi connectivity index (χ1) is 15.6. The van der Waals surface area contributed by atoms with E-state index >= 15 is 0 Å². The highest BCUT2D eigenvalue weighted by atomic mass is 32.2. The van der Waals surface area contributed by atoms with E-state index in [1.807, 2.05) is 13.8 Å². The molecule has 10 heteroatoms. The van der Waals surface area contributed by atoms with E-state index in [4.69, 9.17) is 9.15 Å². The van der Waals surface area contributed by atoms with Crippen LogP contribution in [0.4, 0.5) is 5.69 Å². The standard InChI is InChI=1S/C23H28N2O7S/c1-4-16(3)25(18-9-11-33(29,30)14-18)21(26)13-32-23(28)17-8-7-15(2)19(12-17)24-22(27)20-6-5-10-31-20/h5-8,10,12,16,18H,4,9,11,13-14H2,1-3H3,(H,24,27)/t16-,18-/m0/s1. The summed E-state index contributed by atoms with van der Waals surface area (Å²) in [5.41, 5.74) is 1.31. The van der Waals surface area contributed by atoms with E-state index < -0.39 is 40.3 Å². The average molecular weight is 477 g/mol. The number of sulfone groups is 1. The zero-order chi connectivity index (χ0) is 24.2. The predicted octanol–water partition coefficient (Wildman–Crippen LogP) is 2.81. The molecule has 2 aromatic rings. The second kappa shape index (κ2) is 10.2. The first-order valence-corrected chi connectivity index (χ1v) is 12.6. The van der Waals surface area contributed by atoms with Crippen LogP contribution in [-0.2, 0) is 19.4 Å². The first kappa shape index (κ1) is 24.5. The summed E-state index contributed by atoms with van der Waals surface area (Å²) in [5, 5.41) is 2.69. The van der Waals surface area contributed by atoms with Crippen LogP contribution in [0.5, 0.6) is 0 Å². The van der Waals surface area contributed by atoms with Crippen molar-refractivity contribution in [3.8, 4) is 0 Å². The van der Waals surface area contributed by atoms with Gasteiger partial charge in [0.15, 0.2) is 22.2 Å². The number of ether oxygens (including phenoxy) is 1. The van der Waals surface area contributed by atoms with Crippen LogP contribution in [0.15, 0.2) is 41.0 Å². The van der Waals surface area contributed by atoms with E-state index in [-0.39, 0.29) is 28.9 Å². The monoisotopic (exact) mass is 476 g/mol. The number of hydrogen-bond donors (Lipinski definition) is 1. The molecule has 1 aromatic carbocycles. The van der Waals surface area contributed by atoms with Crippen LogP contribution in [0, 0.1) is 6.92 Å². The van der Waals surface area contributed by atoms with Crippen LogP contribution in [0.1, 0.15) is 53.2 Å². The van der Waals surface area contributed by atoms with Gasteiger partial charge in [-0.3, -0.25) is 9.59 Å². The highest BCUT2D eigenvalue weighted by Gasteiger charge is 2.36. The lowest BCUT2D eigenvalue weighted by Crippen LogP contribution is -2.48. The summed E-state index contributed by atoms with van der Waals surface area (Å²) in [6.45, 7) is 5.03. The van der Waals surface area contributed by atoms with Gasteiger partial charge in [-0.2, -0.15) is 0 Å². The molecule has 9 nitrogen and oxygen atoms in total. The third kappa shape index (κ3) is 6.01. The molecule has 1 aliphatic rings. The Kier molecular flexibility index (Phi) is 7.57. The van der Waals surface area contributed by atoms with Crippen LogP contribution in [-0.4, -0.2) is 61.3 Å². The first-order valence-electron chi connectivity index (χ1n) is 10.8. The Morgan fingerprint density at radius 1 is 1.27 bits per heavy atom. The fourth-order valence-corrected chi connectivity index (χ4v) is 5.47. The largest absolute Gasteiger partial charge is 0.459 e. The van der Waals surface area contributed by atoms with E-state index in [2.05, 4.69) is 5.32 Å². The lowest BCUT2D eigenvalue weighted by molar-refractivity contribution is -0.138. The van der Waals surface area contributed by atoms with Crippen molar-refractivity contribution >= 4 is 33.3 Å². The van der Waals surface area contributed by atoms with Crippen molar-refractivity contribution in [3.63, 3.8) is 0 Å². The molecule has 0 saturated carbocycles. The van der Waals surface area contributed by atoms with Gasteiger partial charge in [-0.05, 0) is 56.5 Å². The topological polar surface area (TPSA) is 123 Å². The van der Waals surface area contributed by atoms with E-state index in [0.717, 1.165) is 5.56 Å². The fraction of sp³-hybridized carbons (Fsp3) is 0.435. The smallest absolute Gasteiger partial charge is 0.338 e. The second-order valence-corrected chi connectivity index (χ2v) is 10.4. The van der Waals surface area contributed by atoms with Crippen molar-refractivity contribution in [2.24, 2.45) is 0 Å². The molecule has 2 heterocycles. The molecule has 3 rings (SSSR count). The summed E-state index contributed by atoms with van der Waals surface area (Å²) in [6.07, 6.45) is 2.41. The Balaban J connectivity index is 1.66. The predicted molar refractivity (Wildman–Crippen MR) is 122 cm³/mol. The number of anilines is 1. The molecular formula is C23H28N2O7S. The number of hydrogen-bond acceptors (Lipinski definition) is 7. The highest BCUT2D eigenvalue weighted by molar-refractivity contribution is 7.91. The van der Waals surface area contributed by atoms with Gasteiger partial charge in [0.2, 0.25) is 0 Å². The summed E-state index contributed by atoms with van der Waals surface area (Å²) in [4.78, 5) is 39.2. The van der Waals surface area contributed by atoms with Crippen LogP contribution in [0.3, 0.4) is 0 Å². The lowest BCUT2D eigenvalue weighted by Gasteiger charge is -2.33. The van der Waals surface area contributed by atoms with Crippen molar-refractivity contribution in [3.05, 3.63) is 53.5 Å². The molecule has 1 N–H and O–H groups in total. The van der Waals surface area contributed by atoms with Gasteiger partial charge in [-0.15, -0.1) is 0 Å². The number of carbonyl (C=O) groups excluding carboxylic acids is 3. The number of furan rings is 1. The summed E-state index contributed by atoms with van der Waals surface area (Å²) in [5.74, 6) is -1.51. The Hall–Kier alpha value is -3.14. The van der Waals surface area contributed by atoms with Gasteiger partial charge in [0.25, 0.3) is 11.8 Å². The van der Waals surface area contributed by atoms with Gasteiger partial charge in [0, 0.05) is 17.8 Å².